The van der Waals surface area contributed by atoms with Crippen LogP contribution >= 0.6 is 0 Å². The lowest BCUT2D eigenvalue weighted by Gasteiger charge is -1.98. The molecule has 0 bridgehead atoms. The molecule has 0 amide bonds. The zero-order valence-electron chi connectivity index (χ0n) is 7.09. The van der Waals surface area contributed by atoms with Gasteiger partial charge >= 0.3 is 6.47 Å². The molecule has 0 aromatic carbocycles. The Bertz CT molecular complexity index is 153. The lowest BCUT2D eigenvalue weighted by atomic mass is 10.1. The van der Waals surface area contributed by atoms with Gasteiger partial charge in [-0.2, -0.15) is 0 Å². The van der Waals surface area contributed by atoms with Crippen molar-refractivity contribution in [1.82, 2.24) is 0 Å². The van der Waals surface area contributed by atoms with Crippen LogP contribution < -0.4 is 0 Å². The van der Waals surface area contributed by atoms with Crippen molar-refractivity contribution in [3.8, 4) is 12.0 Å². The topological polar surface area (TPSA) is 26.3 Å². The number of rotatable bonds is 4. The molecule has 62 valence electrons. The summed E-state index contributed by atoms with van der Waals surface area (Å²) in [4.78, 5) is 9.68. The summed E-state index contributed by atoms with van der Waals surface area (Å²) in [6, 6.07) is 0. The Morgan fingerprint density at radius 3 is 2.91 bits per heavy atom. The Morgan fingerprint density at radius 1 is 1.64 bits per heavy atom. The molecule has 1 atom stereocenters. The van der Waals surface area contributed by atoms with Crippen LogP contribution in [0.25, 0.3) is 0 Å². The molecule has 0 saturated carbocycles. The molecular weight excluding hydrogens is 140 g/mol. The highest BCUT2D eigenvalue weighted by molar-refractivity contribution is 5.39. The molecule has 0 spiro atoms. The molecule has 0 aromatic rings. The van der Waals surface area contributed by atoms with Gasteiger partial charge in [0, 0.05) is 5.92 Å². The Morgan fingerprint density at radius 2 is 2.36 bits per heavy atom. The molecule has 2 nitrogen and oxygen atoms in total. The van der Waals surface area contributed by atoms with Gasteiger partial charge in [0.15, 0.2) is 0 Å². The van der Waals surface area contributed by atoms with Crippen LogP contribution in [0, 0.1) is 17.9 Å². The van der Waals surface area contributed by atoms with Gasteiger partial charge in [0.25, 0.3) is 0 Å². The average molecular weight is 154 g/mol. The third-order valence-electron chi connectivity index (χ3n) is 1.40. The molecule has 1 unspecified atom stereocenters. The maximum absolute atomic E-state index is 9.68. The molecular formula is C9H14O2. The second-order valence-corrected chi connectivity index (χ2v) is 2.50. The van der Waals surface area contributed by atoms with Gasteiger partial charge in [0.2, 0.25) is 0 Å². The fourth-order valence-corrected chi connectivity index (χ4v) is 0.741. The summed E-state index contributed by atoms with van der Waals surface area (Å²) in [7, 11) is 0. The van der Waals surface area contributed by atoms with Gasteiger partial charge in [-0.25, -0.2) is 0 Å². The third-order valence-corrected chi connectivity index (χ3v) is 1.40. The second-order valence-electron chi connectivity index (χ2n) is 2.50. The highest BCUT2D eigenvalue weighted by Gasteiger charge is 1.94. The monoisotopic (exact) mass is 154 g/mol. The first-order valence-corrected chi connectivity index (χ1v) is 3.91. The number of unbranched alkanes of at least 4 members (excludes halogenated alkanes) is 1. The summed E-state index contributed by atoms with van der Waals surface area (Å²) < 4.78 is 4.24. The highest BCUT2D eigenvalue weighted by atomic mass is 16.5. The van der Waals surface area contributed by atoms with Crippen molar-refractivity contribution in [3.05, 3.63) is 0 Å². The van der Waals surface area contributed by atoms with Gasteiger partial charge in [-0.15, -0.1) is 0 Å². The highest BCUT2D eigenvalue weighted by Crippen LogP contribution is 2.05. The van der Waals surface area contributed by atoms with Gasteiger partial charge in [0.05, 0.1) is 0 Å². The maximum Gasteiger partial charge on any atom is 0.307 e. The Balaban J connectivity index is 3.43. The first-order valence-electron chi connectivity index (χ1n) is 3.91. The van der Waals surface area contributed by atoms with Gasteiger partial charge < -0.3 is 4.74 Å². The van der Waals surface area contributed by atoms with Gasteiger partial charge in [0.1, 0.15) is 6.11 Å². The van der Waals surface area contributed by atoms with Crippen molar-refractivity contribution in [2.45, 2.75) is 33.1 Å². The molecule has 0 aliphatic heterocycles. The van der Waals surface area contributed by atoms with Gasteiger partial charge in [-0.3, -0.25) is 4.79 Å². The lowest BCUT2D eigenvalue weighted by molar-refractivity contribution is -0.122. The molecule has 0 aliphatic carbocycles. The normalized spacial score (nSPS) is 11.1. The van der Waals surface area contributed by atoms with Crippen LogP contribution in [0.5, 0.6) is 0 Å². The largest absolute Gasteiger partial charge is 0.375 e. The first-order chi connectivity index (χ1) is 5.31. The van der Waals surface area contributed by atoms with E-state index in [9.17, 15) is 4.79 Å². The summed E-state index contributed by atoms with van der Waals surface area (Å²) in [5, 5.41) is 0. The van der Waals surface area contributed by atoms with Crippen molar-refractivity contribution < 1.29 is 9.53 Å². The van der Waals surface area contributed by atoms with E-state index >= 15 is 0 Å². The minimum atomic E-state index is 0.329. The van der Waals surface area contributed by atoms with Crippen LogP contribution in [0.4, 0.5) is 0 Å². The van der Waals surface area contributed by atoms with E-state index < -0.39 is 0 Å². The molecule has 0 rings (SSSR count). The van der Waals surface area contributed by atoms with Crippen LogP contribution in [0.2, 0.25) is 0 Å². The Kier molecular flexibility index (Phi) is 6.51. The minimum Gasteiger partial charge on any atom is -0.375 e. The Labute approximate surface area is 67.9 Å². The lowest BCUT2D eigenvalue weighted by Crippen LogP contribution is -1.89. The zero-order chi connectivity index (χ0) is 8.53. The number of hydrogen-bond acceptors (Lipinski definition) is 2. The average Bonchev–Trinajstić information content (AvgIpc) is 2.01. The summed E-state index contributed by atoms with van der Waals surface area (Å²) in [6.07, 6.45) is 5.76. The smallest absolute Gasteiger partial charge is 0.307 e. The van der Waals surface area contributed by atoms with Crippen LogP contribution in [0.1, 0.15) is 33.1 Å². The molecule has 0 aromatic heterocycles. The number of ether oxygens (including phenoxy) is 1. The number of carbonyl (C=O) groups excluding carboxylic acids is 1. The van der Waals surface area contributed by atoms with Crippen LogP contribution in [-0.2, 0) is 9.53 Å². The molecule has 0 saturated heterocycles. The molecule has 0 heterocycles. The van der Waals surface area contributed by atoms with E-state index in [-0.39, 0.29) is 0 Å². The molecule has 0 fully saturated rings. The number of carbonyl (C=O) groups is 1. The van der Waals surface area contributed by atoms with E-state index in [1.165, 1.54) is 12.8 Å². The minimum absolute atomic E-state index is 0.329. The van der Waals surface area contributed by atoms with Crippen LogP contribution in [0.15, 0.2) is 0 Å². The zero-order valence-corrected chi connectivity index (χ0v) is 7.09. The van der Waals surface area contributed by atoms with Crippen LogP contribution in [0.3, 0.4) is 0 Å². The van der Waals surface area contributed by atoms with Crippen molar-refractivity contribution in [2.75, 3.05) is 0 Å². The summed E-state index contributed by atoms with van der Waals surface area (Å²) in [5.74, 6) is 3.14. The summed E-state index contributed by atoms with van der Waals surface area (Å²) in [5.41, 5.74) is 0. The third kappa shape index (κ3) is 6.92. The molecule has 2 heteroatoms. The van der Waals surface area contributed by atoms with E-state index in [0.29, 0.717) is 12.4 Å². The van der Waals surface area contributed by atoms with Crippen molar-refractivity contribution >= 4 is 6.47 Å². The van der Waals surface area contributed by atoms with Crippen molar-refractivity contribution in [3.63, 3.8) is 0 Å². The maximum atomic E-state index is 9.68. The first kappa shape index (κ1) is 10.0. The summed E-state index contributed by atoms with van der Waals surface area (Å²) >= 11 is 0. The number of hydrogen-bond donors (Lipinski definition) is 0. The fourth-order valence-electron chi connectivity index (χ4n) is 0.741. The molecule has 0 radical (unpaired) electrons. The standard InChI is InChI=1S/C9H14O2/c1-3-4-5-9(2)6-7-11-8-10/h8-9H,3-5H2,1-2H3. The summed E-state index contributed by atoms with van der Waals surface area (Å²) in [6.45, 7) is 4.51. The van der Waals surface area contributed by atoms with E-state index in [0.717, 1.165) is 6.42 Å². The second kappa shape index (κ2) is 7.14. The Hall–Kier alpha value is -0.970. The fraction of sp³-hybridized carbons (Fsp3) is 0.667. The van der Waals surface area contributed by atoms with Crippen LogP contribution in [-0.4, -0.2) is 6.47 Å². The quantitative estimate of drug-likeness (QED) is 0.457. The van der Waals surface area contributed by atoms with E-state index in [1.54, 1.807) is 0 Å². The van der Waals surface area contributed by atoms with Gasteiger partial charge in [-0.05, 0) is 6.42 Å². The van der Waals surface area contributed by atoms with Crippen molar-refractivity contribution in [2.24, 2.45) is 5.92 Å². The molecule has 11 heavy (non-hydrogen) atoms. The van der Waals surface area contributed by atoms with Crippen molar-refractivity contribution in [1.29, 1.82) is 0 Å². The molecule has 0 N–H and O–H groups in total. The molecule has 0 aliphatic rings. The van der Waals surface area contributed by atoms with E-state index in [1.807, 2.05) is 6.92 Å². The van der Waals surface area contributed by atoms with E-state index in [2.05, 4.69) is 23.7 Å². The van der Waals surface area contributed by atoms with Gasteiger partial charge in [-0.1, -0.05) is 32.6 Å². The predicted octanol–water partition coefficient (Wildman–Crippen LogP) is 1.95. The SMILES string of the molecule is CCCCC(C)C#COC=O. The van der Waals surface area contributed by atoms with E-state index in [4.69, 9.17) is 0 Å². The predicted molar refractivity (Wildman–Crippen MR) is 43.6 cm³/mol.